The molecule has 5 N–H and O–H groups in total. The SMILES string of the molecule is NCC(=O)N1CCC[C@H]1C(=O)N[C@@H](Cc1ccccc1)C(=O)N[C@@H](CS)C(=O)O. The van der Waals surface area contributed by atoms with Crippen LogP contribution in [0.25, 0.3) is 0 Å². The summed E-state index contributed by atoms with van der Waals surface area (Å²) in [5.41, 5.74) is 6.21. The smallest absolute Gasteiger partial charge is 0.327 e. The largest absolute Gasteiger partial charge is 0.480 e. The van der Waals surface area contributed by atoms with Crippen LogP contribution in [0, 0.1) is 0 Å². The maximum atomic E-state index is 12.8. The summed E-state index contributed by atoms with van der Waals surface area (Å²) in [6, 6.07) is 6.17. The first kappa shape index (κ1) is 22.7. The predicted octanol–water partition coefficient (Wildman–Crippen LogP) is -0.837. The second-order valence-electron chi connectivity index (χ2n) is 6.78. The van der Waals surface area contributed by atoms with Crippen LogP contribution in [0.2, 0.25) is 0 Å². The van der Waals surface area contributed by atoms with Gasteiger partial charge in [-0.05, 0) is 18.4 Å². The molecule has 1 aromatic rings. The molecule has 0 aliphatic carbocycles. The van der Waals surface area contributed by atoms with Crippen LogP contribution in [-0.2, 0) is 25.6 Å². The zero-order valence-corrected chi connectivity index (χ0v) is 16.8. The molecule has 1 fully saturated rings. The molecule has 0 radical (unpaired) electrons. The van der Waals surface area contributed by atoms with E-state index >= 15 is 0 Å². The van der Waals surface area contributed by atoms with E-state index in [1.54, 1.807) is 24.3 Å². The Labute approximate surface area is 174 Å². The van der Waals surface area contributed by atoms with E-state index in [0.29, 0.717) is 19.4 Å². The van der Waals surface area contributed by atoms with E-state index in [2.05, 4.69) is 23.3 Å². The minimum Gasteiger partial charge on any atom is -0.480 e. The van der Waals surface area contributed by atoms with Crippen molar-refractivity contribution >= 4 is 36.3 Å². The lowest BCUT2D eigenvalue weighted by Gasteiger charge is -2.26. The Morgan fingerprint density at radius 3 is 2.45 bits per heavy atom. The number of carboxylic acid groups (broad SMARTS) is 1. The molecule has 10 heteroatoms. The third kappa shape index (κ3) is 6.20. The number of carboxylic acids is 1. The number of nitrogens with zero attached hydrogens (tertiary/aromatic N) is 1. The molecule has 1 heterocycles. The summed E-state index contributed by atoms with van der Waals surface area (Å²) >= 11 is 3.94. The van der Waals surface area contributed by atoms with Crippen LogP contribution in [0.1, 0.15) is 18.4 Å². The number of aliphatic carboxylic acids is 1. The molecule has 1 saturated heterocycles. The summed E-state index contributed by atoms with van der Waals surface area (Å²) in [6.07, 6.45) is 1.32. The van der Waals surface area contributed by atoms with Gasteiger partial charge in [-0.2, -0.15) is 12.6 Å². The monoisotopic (exact) mass is 422 g/mol. The Balaban J connectivity index is 2.15. The number of benzene rings is 1. The molecule has 0 bridgehead atoms. The van der Waals surface area contributed by atoms with Crippen LogP contribution in [-0.4, -0.2) is 70.7 Å². The lowest BCUT2D eigenvalue weighted by atomic mass is 10.0. The van der Waals surface area contributed by atoms with Gasteiger partial charge in [-0.1, -0.05) is 30.3 Å². The maximum absolute atomic E-state index is 12.8. The number of thiol groups is 1. The number of hydrogen-bond donors (Lipinski definition) is 5. The lowest BCUT2D eigenvalue weighted by Crippen LogP contribution is -2.56. The molecule has 1 aliphatic rings. The Morgan fingerprint density at radius 2 is 1.86 bits per heavy atom. The number of nitrogens with one attached hydrogen (secondary N) is 2. The number of carbonyl (C=O) groups is 4. The van der Waals surface area contributed by atoms with Gasteiger partial charge in [0.1, 0.15) is 18.1 Å². The summed E-state index contributed by atoms with van der Waals surface area (Å²) < 4.78 is 0. The first-order valence-electron chi connectivity index (χ1n) is 9.35. The molecule has 0 unspecified atom stereocenters. The molecule has 29 heavy (non-hydrogen) atoms. The third-order valence-electron chi connectivity index (χ3n) is 4.76. The van der Waals surface area contributed by atoms with Crippen molar-refractivity contribution in [2.24, 2.45) is 5.73 Å². The van der Waals surface area contributed by atoms with Gasteiger partial charge < -0.3 is 26.4 Å². The highest BCUT2D eigenvalue weighted by atomic mass is 32.1. The standard InChI is InChI=1S/C19H26N4O5S/c20-10-16(24)23-8-4-7-15(23)18(26)21-13(9-12-5-2-1-3-6-12)17(25)22-14(11-29)19(27)28/h1-3,5-6,13-15,29H,4,7-11,20H2,(H,21,26)(H,22,25)(H,27,28)/t13-,14-,15-/m0/s1. The van der Waals surface area contributed by atoms with Crippen LogP contribution in [0.15, 0.2) is 30.3 Å². The molecule has 1 aliphatic heterocycles. The number of likely N-dealkylation sites (tertiary alicyclic amines) is 1. The number of nitrogens with two attached hydrogens (primary N) is 1. The van der Waals surface area contributed by atoms with E-state index in [1.165, 1.54) is 4.90 Å². The maximum Gasteiger partial charge on any atom is 0.327 e. The van der Waals surface area contributed by atoms with Gasteiger partial charge in [0.25, 0.3) is 0 Å². The van der Waals surface area contributed by atoms with Gasteiger partial charge in [-0.25, -0.2) is 4.79 Å². The Kier molecular flexibility index (Phi) is 8.47. The number of hydrogen-bond acceptors (Lipinski definition) is 6. The van der Waals surface area contributed by atoms with Gasteiger partial charge in [0.2, 0.25) is 17.7 Å². The fourth-order valence-electron chi connectivity index (χ4n) is 3.24. The van der Waals surface area contributed by atoms with Gasteiger partial charge in [-0.15, -0.1) is 0 Å². The second-order valence-corrected chi connectivity index (χ2v) is 7.15. The summed E-state index contributed by atoms with van der Waals surface area (Å²) in [7, 11) is 0. The highest BCUT2D eigenvalue weighted by molar-refractivity contribution is 7.80. The van der Waals surface area contributed by atoms with Crippen molar-refractivity contribution in [3.63, 3.8) is 0 Å². The zero-order valence-electron chi connectivity index (χ0n) is 15.9. The van der Waals surface area contributed by atoms with Crippen LogP contribution < -0.4 is 16.4 Å². The zero-order chi connectivity index (χ0) is 21.4. The second kappa shape index (κ2) is 10.8. The molecule has 2 rings (SSSR count). The average molecular weight is 423 g/mol. The number of rotatable bonds is 9. The molecule has 0 aromatic heterocycles. The summed E-state index contributed by atoms with van der Waals surface area (Å²) in [6.45, 7) is 0.240. The van der Waals surface area contributed by atoms with E-state index in [4.69, 9.17) is 10.8 Å². The molecule has 1 aromatic carbocycles. The highest BCUT2D eigenvalue weighted by Crippen LogP contribution is 2.18. The van der Waals surface area contributed by atoms with Crippen molar-refractivity contribution in [3.05, 3.63) is 35.9 Å². The normalized spacial score (nSPS) is 18.0. The summed E-state index contributed by atoms with van der Waals surface area (Å²) in [5.74, 6) is -2.72. The van der Waals surface area contributed by atoms with Gasteiger partial charge in [-0.3, -0.25) is 14.4 Å². The Hall–Kier alpha value is -2.59. The van der Waals surface area contributed by atoms with Gasteiger partial charge in [0.05, 0.1) is 6.54 Å². The van der Waals surface area contributed by atoms with Crippen molar-refractivity contribution in [2.45, 2.75) is 37.4 Å². The quantitative estimate of drug-likeness (QED) is 0.329. The molecule has 0 spiro atoms. The van der Waals surface area contributed by atoms with Gasteiger partial charge >= 0.3 is 5.97 Å². The Bertz CT molecular complexity index is 745. The molecular weight excluding hydrogens is 396 g/mol. The van der Waals surface area contributed by atoms with E-state index in [1.807, 2.05) is 6.07 Å². The van der Waals surface area contributed by atoms with Gasteiger partial charge in [0.15, 0.2) is 0 Å². The summed E-state index contributed by atoms with van der Waals surface area (Å²) in [4.78, 5) is 50.1. The lowest BCUT2D eigenvalue weighted by molar-refractivity contribution is -0.142. The molecule has 9 nitrogen and oxygen atoms in total. The van der Waals surface area contributed by atoms with E-state index in [9.17, 15) is 19.2 Å². The van der Waals surface area contributed by atoms with Crippen LogP contribution >= 0.6 is 12.6 Å². The number of amides is 3. The molecule has 158 valence electrons. The minimum absolute atomic E-state index is 0.0888. The van der Waals surface area contributed by atoms with Crippen molar-refractivity contribution in [1.29, 1.82) is 0 Å². The van der Waals surface area contributed by atoms with Crippen molar-refractivity contribution in [1.82, 2.24) is 15.5 Å². The first-order chi connectivity index (χ1) is 13.9. The average Bonchev–Trinajstić information content (AvgIpc) is 3.21. The number of carbonyl (C=O) groups excluding carboxylic acids is 3. The Morgan fingerprint density at radius 1 is 1.17 bits per heavy atom. The van der Waals surface area contributed by atoms with E-state index in [0.717, 1.165) is 5.56 Å². The van der Waals surface area contributed by atoms with Crippen LogP contribution in [0.5, 0.6) is 0 Å². The summed E-state index contributed by atoms with van der Waals surface area (Å²) in [5, 5.41) is 14.2. The third-order valence-corrected chi connectivity index (χ3v) is 5.13. The molecule has 0 saturated carbocycles. The van der Waals surface area contributed by atoms with Crippen molar-refractivity contribution in [3.8, 4) is 0 Å². The fraction of sp³-hybridized carbons (Fsp3) is 0.474. The topological polar surface area (TPSA) is 142 Å². The minimum atomic E-state index is -1.21. The molecular formula is C19H26N4O5S. The predicted molar refractivity (Wildman–Crippen MR) is 109 cm³/mol. The van der Waals surface area contributed by atoms with Crippen molar-refractivity contribution < 1.29 is 24.3 Å². The fourth-order valence-corrected chi connectivity index (χ4v) is 3.49. The molecule has 3 amide bonds. The van der Waals surface area contributed by atoms with Crippen LogP contribution in [0.4, 0.5) is 0 Å². The van der Waals surface area contributed by atoms with Gasteiger partial charge in [0, 0.05) is 18.7 Å². The van der Waals surface area contributed by atoms with E-state index < -0.39 is 35.9 Å². The van der Waals surface area contributed by atoms with Crippen LogP contribution in [0.3, 0.4) is 0 Å². The highest BCUT2D eigenvalue weighted by Gasteiger charge is 2.35. The van der Waals surface area contributed by atoms with Crippen molar-refractivity contribution in [2.75, 3.05) is 18.8 Å². The van der Waals surface area contributed by atoms with E-state index in [-0.39, 0.29) is 24.6 Å². The molecule has 3 atom stereocenters. The first-order valence-corrected chi connectivity index (χ1v) is 9.98.